The molecular formula is C14H14ClNOS. The molecule has 0 spiro atoms. The van der Waals surface area contributed by atoms with Crippen LogP contribution in [0.2, 0.25) is 5.02 Å². The largest absolute Gasteiger partial charge is 0.399 e. The Morgan fingerprint density at radius 3 is 2.56 bits per heavy atom. The molecule has 3 N–H and O–H groups in total. The molecule has 0 amide bonds. The summed E-state index contributed by atoms with van der Waals surface area (Å²) >= 11 is 7.48. The van der Waals surface area contributed by atoms with Crippen molar-refractivity contribution in [1.82, 2.24) is 0 Å². The summed E-state index contributed by atoms with van der Waals surface area (Å²) in [5, 5.41) is 10.8. The second kappa shape index (κ2) is 6.14. The first-order valence-electron chi connectivity index (χ1n) is 5.57. The highest BCUT2D eigenvalue weighted by atomic mass is 35.5. The average Bonchev–Trinajstić information content (AvgIpc) is 2.37. The van der Waals surface area contributed by atoms with Crippen molar-refractivity contribution in [3.63, 3.8) is 0 Å². The molecule has 2 aromatic carbocycles. The third-order valence-electron chi connectivity index (χ3n) is 2.53. The summed E-state index contributed by atoms with van der Waals surface area (Å²) in [5.74, 6) is 0.588. The second-order valence-electron chi connectivity index (χ2n) is 3.95. The molecule has 0 radical (unpaired) electrons. The molecule has 0 aliphatic carbocycles. The van der Waals surface area contributed by atoms with Crippen molar-refractivity contribution in [2.75, 3.05) is 11.5 Å². The maximum atomic E-state index is 10.0. The van der Waals surface area contributed by atoms with Crippen molar-refractivity contribution < 1.29 is 5.11 Å². The summed E-state index contributed by atoms with van der Waals surface area (Å²) in [4.78, 5) is 1.05. The number of aliphatic hydroxyl groups excluding tert-OH is 1. The zero-order chi connectivity index (χ0) is 13.0. The summed E-state index contributed by atoms with van der Waals surface area (Å²) < 4.78 is 0. The van der Waals surface area contributed by atoms with E-state index in [-0.39, 0.29) is 0 Å². The minimum absolute atomic E-state index is 0.505. The van der Waals surface area contributed by atoms with Crippen LogP contribution in [0.25, 0.3) is 0 Å². The van der Waals surface area contributed by atoms with Crippen molar-refractivity contribution in [3.8, 4) is 0 Å². The highest BCUT2D eigenvalue weighted by molar-refractivity contribution is 7.99. The van der Waals surface area contributed by atoms with E-state index in [1.807, 2.05) is 36.4 Å². The Bertz CT molecular complexity index is 515. The number of nitrogens with two attached hydrogens (primary N) is 1. The SMILES string of the molecule is Nc1ccc(C(O)CSc2cccc(Cl)c2)cc1. The van der Waals surface area contributed by atoms with Crippen molar-refractivity contribution in [1.29, 1.82) is 0 Å². The molecule has 0 bridgehead atoms. The van der Waals surface area contributed by atoms with Gasteiger partial charge in [0.1, 0.15) is 0 Å². The lowest BCUT2D eigenvalue weighted by molar-refractivity contribution is 0.204. The predicted octanol–water partition coefficient (Wildman–Crippen LogP) is 3.75. The van der Waals surface area contributed by atoms with Crippen molar-refractivity contribution in [3.05, 3.63) is 59.1 Å². The molecule has 0 heterocycles. The van der Waals surface area contributed by atoms with E-state index in [2.05, 4.69) is 0 Å². The fourth-order valence-corrected chi connectivity index (χ4v) is 2.73. The van der Waals surface area contributed by atoms with E-state index in [4.69, 9.17) is 17.3 Å². The van der Waals surface area contributed by atoms with Gasteiger partial charge in [-0.3, -0.25) is 0 Å². The summed E-state index contributed by atoms with van der Waals surface area (Å²) in [7, 11) is 0. The number of benzene rings is 2. The smallest absolute Gasteiger partial charge is 0.0883 e. The van der Waals surface area contributed by atoms with Gasteiger partial charge >= 0.3 is 0 Å². The third kappa shape index (κ3) is 3.67. The van der Waals surface area contributed by atoms with Crippen LogP contribution in [0.4, 0.5) is 5.69 Å². The van der Waals surface area contributed by atoms with Crippen molar-refractivity contribution >= 4 is 29.1 Å². The maximum Gasteiger partial charge on any atom is 0.0883 e. The van der Waals surface area contributed by atoms with Crippen LogP contribution in [-0.4, -0.2) is 10.9 Å². The molecule has 18 heavy (non-hydrogen) atoms. The Morgan fingerprint density at radius 1 is 1.17 bits per heavy atom. The molecule has 1 atom stereocenters. The predicted molar refractivity (Wildman–Crippen MR) is 78.0 cm³/mol. The number of halogens is 1. The van der Waals surface area contributed by atoms with Gasteiger partial charge in [-0.05, 0) is 35.9 Å². The number of hydrogen-bond acceptors (Lipinski definition) is 3. The van der Waals surface area contributed by atoms with Crippen LogP contribution < -0.4 is 5.73 Å². The number of anilines is 1. The van der Waals surface area contributed by atoms with Gasteiger partial charge in [-0.15, -0.1) is 11.8 Å². The van der Waals surface area contributed by atoms with E-state index in [1.54, 1.807) is 23.9 Å². The molecule has 0 aliphatic rings. The third-order valence-corrected chi connectivity index (χ3v) is 3.83. The van der Waals surface area contributed by atoms with Crippen LogP contribution in [0, 0.1) is 0 Å². The first-order chi connectivity index (χ1) is 8.65. The molecule has 0 saturated heterocycles. The van der Waals surface area contributed by atoms with Gasteiger partial charge in [0, 0.05) is 21.4 Å². The number of thioether (sulfide) groups is 1. The Kier molecular flexibility index (Phi) is 4.53. The van der Waals surface area contributed by atoms with Gasteiger partial charge in [0.15, 0.2) is 0 Å². The summed E-state index contributed by atoms with van der Waals surface area (Å²) in [6.07, 6.45) is -0.505. The van der Waals surface area contributed by atoms with Gasteiger partial charge in [-0.25, -0.2) is 0 Å². The molecule has 0 saturated carbocycles. The molecule has 94 valence electrons. The lowest BCUT2D eigenvalue weighted by Gasteiger charge is -2.11. The zero-order valence-electron chi connectivity index (χ0n) is 9.71. The van der Waals surface area contributed by atoms with Gasteiger partial charge in [-0.2, -0.15) is 0 Å². The van der Waals surface area contributed by atoms with Crippen LogP contribution in [0.1, 0.15) is 11.7 Å². The monoisotopic (exact) mass is 279 g/mol. The molecule has 1 unspecified atom stereocenters. The van der Waals surface area contributed by atoms with E-state index in [1.165, 1.54) is 0 Å². The van der Waals surface area contributed by atoms with E-state index in [0.29, 0.717) is 16.5 Å². The molecule has 0 fully saturated rings. The van der Waals surface area contributed by atoms with Crippen LogP contribution in [0.15, 0.2) is 53.4 Å². The number of rotatable bonds is 4. The fourth-order valence-electron chi connectivity index (χ4n) is 1.55. The number of aliphatic hydroxyl groups is 1. The summed E-state index contributed by atoms with van der Waals surface area (Å²) in [6, 6.07) is 14.9. The number of hydrogen-bond donors (Lipinski definition) is 2. The van der Waals surface area contributed by atoms with E-state index < -0.39 is 6.10 Å². The quantitative estimate of drug-likeness (QED) is 0.662. The Hall–Kier alpha value is -1.16. The minimum atomic E-state index is -0.505. The van der Waals surface area contributed by atoms with Gasteiger partial charge < -0.3 is 10.8 Å². The average molecular weight is 280 g/mol. The van der Waals surface area contributed by atoms with E-state index in [9.17, 15) is 5.11 Å². The first-order valence-corrected chi connectivity index (χ1v) is 6.93. The standard InChI is InChI=1S/C14H14ClNOS/c15-11-2-1-3-13(8-11)18-9-14(17)10-4-6-12(16)7-5-10/h1-8,14,17H,9,16H2. The van der Waals surface area contributed by atoms with E-state index in [0.717, 1.165) is 10.5 Å². The molecule has 2 nitrogen and oxygen atoms in total. The molecule has 2 rings (SSSR count). The molecule has 0 aliphatic heterocycles. The topological polar surface area (TPSA) is 46.2 Å². The van der Waals surface area contributed by atoms with Crippen LogP contribution >= 0.6 is 23.4 Å². The molecule has 4 heteroatoms. The second-order valence-corrected chi connectivity index (χ2v) is 5.48. The maximum absolute atomic E-state index is 10.0. The number of nitrogen functional groups attached to an aromatic ring is 1. The fraction of sp³-hybridized carbons (Fsp3) is 0.143. The zero-order valence-corrected chi connectivity index (χ0v) is 11.3. The summed E-state index contributed by atoms with van der Waals surface area (Å²) in [5.41, 5.74) is 7.18. The molecule has 0 aromatic heterocycles. The van der Waals surface area contributed by atoms with Gasteiger partial charge in [-0.1, -0.05) is 29.8 Å². The minimum Gasteiger partial charge on any atom is -0.399 e. The van der Waals surface area contributed by atoms with Crippen LogP contribution in [0.5, 0.6) is 0 Å². The summed E-state index contributed by atoms with van der Waals surface area (Å²) in [6.45, 7) is 0. The van der Waals surface area contributed by atoms with Gasteiger partial charge in [0.2, 0.25) is 0 Å². The highest BCUT2D eigenvalue weighted by Gasteiger charge is 2.08. The van der Waals surface area contributed by atoms with Crippen LogP contribution in [-0.2, 0) is 0 Å². The Labute approximate surface area is 116 Å². The molecule has 2 aromatic rings. The van der Waals surface area contributed by atoms with E-state index >= 15 is 0 Å². The lowest BCUT2D eigenvalue weighted by Crippen LogP contribution is -2.00. The Balaban J connectivity index is 1.96. The van der Waals surface area contributed by atoms with Crippen LogP contribution in [0.3, 0.4) is 0 Å². The highest BCUT2D eigenvalue weighted by Crippen LogP contribution is 2.26. The first kappa shape index (κ1) is 13.3. The Morgan fingerprint density at radius 2 is 1.89 bits per heavy atom. The van der Waals surface area contributed by atoms with Gasteiger partial charge in [0.05, 0.1) is 6.10 Å². The van der Waals surface area contributed by atoms with Gasteiger partial charge in [0.25, 0.3) is 0 Å². The van der Waals surface area contributed by atoms with Crippen molar-refractivity contribution in [2.24, 2.45) is 0 Å². The lowest BCUT2D eigenvalue weighted by atomic mass is 10.1. The molecular weight excluding hydrogens is 266 g/mol. The normalized spacial score (nSPS) is 12.3. The van der Waals surface area contributed by atoms with Crippen molar-refractivity contribution in [2.45, 2.75) is 11.0 Å².